The first kappa shape index (κ1) is 18.7. The zero-order valence-corrected chi connectivity index (χ0v) is 15.5. The number of hydrogen-bond acceptors (Lipinski definition) is 2. The summed E-state index contributed by atoms with van der Waals surface area (Å²) >= 11 is 3.55. The van der Waals surface area contributed by atoms with Gasteiger partial charge < -0.3 is 10.1 Å². The molecule has 0 spiro atoms. The van der Waals surface area contributed by atoms with E-state index >= 15 is 0 Å². The van der Waals surface area contributed by atoms with E-state index in [1.165, 1.54) is 12.0 Å². The molecule has 0 aromatic heterocycles. The van der Waals surface area contributed by atoms with Crippen molar-refractivity contribution in [3.63, 3.8) is 0 Å². The van der Waals surface area contributed by atoms with Crippen LogP contribution >= 0.6 is 15.9 Å². The normalized spacial score (nSPS) is 13.4. The van der Waals surface area contributed by atoms with Crippen molar-refractivity contribution in [3.8, 4) is 0 Å². The Balaban J connectivity index is 2.50. The van der Waals surface area contributed by atoms with Crippen molar-refractivity contribution in [1.82, 2.24) is 5.32 Å². The second kappa shape index (κ2) is 9.60. The lowest BCUT2D eigenvalue weighted by Gasteiger charge is -2.23. The van der Waals surface area contributed by atoms with Crippen LogP contribution in [0.25, 0.3) is 0 Å². The van der Waals surface area contributed by atoms with Gasteiger partial charge in [-0.25, -0.2) is 0 Å². The van der Waals surface area contributed by atoms with E-state index in [1.54, 1.807) is 0 Å². The lowest BCUT2D eigenvalue weighted by molar-refractivity contribution is -0.00919. The van der Waals surface area contributed by atoms with Gasteiger partial charge in [0, 0.05) is 11.1 Å². The first-order valence-electron chi connectivity index (χ1n) is 8.00. The zero-order valence-electron chi connectivity index (χ0n) is 13.9. The van der Waals surface area contributed by atoms with Crippen molar-refractivity contribution in [3.05, 3.63) is 34.3 Å². The van der Waals surface area contributed by atoms with Crippen molar-refractivity contribution < 1.29 is 4.74 Å². The van der Waals surface area contributed by atoms with Crippen LogP contribution in [0.3, 0.4) is 0 Å². The van der Waals surface area contributed by atoms with Gasteiger partial charge in [0.05, 0.1) is 5.60 Å². The molecule has 2 nitrogen and oxygen atoms in total. The van der Waals surface area contributed by atoms with Crippen LogP contribution in [-0.4, -0.2) is 25.3 Å². The van der Waals surface area contributed by atoms with Crippen LogP contribution < -0.4 is 5.32 Å². The van der Waals surface area contributed by atoms with Crippen molar-refractivity contribution in [1.29, 1.82) is 0 Å². The first-order chi connectivity index (χ1) is 9.90. The number of nitrogens with one attached hydrogen (secondary N) is 1. The fourth-order valence-corrected chi connectivity index (χ4v) is 2.73. The summed E-state index contributed by atoms with van der Waals surface area (Å²) in [5, 5.41) is 3.55. The van der Waals surface area contributed by atoms with Gasteiger partial charge in [-0.1, -0.05) is 35.0 Å². The fraction of sp³-hybridized carbons (Fsp3) is 0.667. The molecule has 120 valence electrons. The maximum Gasteiger partial charge on any atom is 0.0598 e. The molecule has 0 radical (unpaired) electrons. The topological polar surface area (TPSA) is 21.3 Å². The summed E-state index contributed by atoms with van der Waals surface area (Å²) < 4.78 is 7.05. The minimum atomic E-state index is -0.0445. The number of benzene rings is 1. The van der Waals surface area contributed by atoms with Crippen LogP contribution in [0.4, 0.5) is 0 Å². The molecule has 1 rings (SSSR count). The van der Waals surface area contributed by atoms with Gasteiger partial charge in [-0.15, -0.1) is 0 Å². The zero-order chi connectivity index (χ0) is 15.7. The van der Waals surface area contributed by atoms with E-state index in [0.29, 0.717) is 5.92 Å². The predicted molar refractivity (Wildman–Crippen MR) is 94.8 cm³/mol. The van der Waals surface area contributed by atoms with Gasteiger partial charge in [0.1, 0.15) is 0 Å². The van der Waals surface area contributed by atoms with Crippen LogP contribution in [0.15, 0.2) is 28.7 Å². The molecule has 3 heteroatoms. The van der Waals surface area contributed by atoms with Crippen LogP contribution in [0.5, 0.6) is 0 Å². The summed E-state index contributed by atoms with van der Waals surface area (Å²) in [4.78, 5) is 0. The van der Waals surface area contributed by atoms with E-state index in [0.717, 1.165) is 37.0 Å². The van der Waals surface area contributed by atoms with E-state index in [1.807, 2.05) is 0 Å². The average Bonchev–Trinajstić information content (AvgIpc) is 2.37. The van der Waals surface area contributed by atoms with Crippen LogP contribution in [-0.2, 0) is 11.2 Å². The quantitative estimate of drug-likeness (QED) is 0.641. The summed E-state index contributed by atoms with van der Waals surface area (Å²) in [6.07, 6.45) is 3.38. The Labute approximate surface area is 138 Å². The molecular formula is C18H30BrNO. The monoisotopic (exact) mass is 355 g/mol. The van der Waals surface area contributed by atoms with Crippen molar-refractivity contribution in [2.45, 2.75) is 52.6 Å². The molecule has 1 unspecified atom stereocenters. The number of rotatable bonds is 9. The van der Waals surface area contributed by atoms with Gasteiger partial charge in [-0.3, -0.25) is 0 Å². The Bertz CT molecular complexity index is 400. The smallest absolute Gasteiger partial charge is 0.0598 e. The number of hydrogen-bond donors (Lipinski definition) is 1. The maximum atomic E-state index is 5.89. The van der Waals surface area contributed by atoms with E-state index in [4.69, 9.17) is 4.74 Å². The Morgan fingerprint density at radius 2 is 2.05 bits per heavy atom. The second-order valence-electron chi connectivity index (χ2n) is 6.65. The van der Waals surface area contributed by atoms with E-state index in [-0.39, 0.29) is 5.60 Å². The molecule has 1 atom stereocenters. The summed E-state index contributed by atoms with van der Waals surface area (Å²) in [6, 6.07) is 8.62. The Morgan fingerprint density at radius 3 is 2.67 bits per heavy atom. The minimum absolute atomic E-state index is 0.0445. The lowest BCUT2D eigenvalue weighted by Crippen LogP contribution is -2.27. The first-order valence-corrected chi connectivity index (χ1v) is 8.79. The average molecular weight is 356 g/mol. The van der Waals surface area contributed by atoms with Gasteiger partial charge in [-0.05, 0) is 76.7 Å². The maximum absolute atomic E-state index is 5.89. The van der Waals surface area contributed by atoms with Gasteiger partial charge in [0.2, 0.25) is 0 Å². The highest BCUT2D eigenvalue weighted by atomic mass is 79.9. The highest BCUT2D eigenvalue weighted by molar-refractivity contribution is 9.10. The number of halogens is 1. The largest absolute Gasteiger partial charge is 0.376 e. The molecule has 0 bridgehead atoms. The highest BCUT2D eigenvalue weighted by Gasteiger charge is 2.14. The molecule has 0 aliphatic rings. The SMILES string of the molecule is CCCNCC(CCOC(C)(C)C)Cc1cccc(Br)c1. The van der Waals surface area contributed by atoms with Gasteiger partial charge >= 0.3 is 0 Å². The molecule has 0 amide bonds. The molecule has 0 aliphatic carbocycles. The summed E-state index contributed by atoms with van der Waals surface area (Å²) in [5.41, 5.74) is 1.35. The molecule has 0 aliphatic heterocycles. The molecule has 0 fully saturated rings. The molecule has 0 saturated heterocycles. The molecule has 1 aromatic rings. The van der Waals surface area contributed by atoms with Crippen molar-refractivity contribution in [2.75, 3.05) is 19.7 Å². The van der Waals surface area contributed by atoms with Gasteiger partial charge in [0.25, 0.3) is 0 Å². The standard InChI is InChI=1S/C18H30BrNO/c1-5-10-20-14-16(9-11-21-18(2,3)4)12-15-7-6-8-17(19)13-15/h6-8,13,16,20H,5,9-12,14H2,1-4H3. The third-order valence-corrected chi connectivity index (χ3v) is 3.83. The van der Waals surface area contributed by atoms with Gasteiger partial charge in [-0.2, -0.15) is 0 Å². The van der Waals surface area contributed by atoms with Crippen molar-refractivity contribution >= 4 is 15.9 Å². The van der Waals surface area contributed by atoms with E-state index < -0.39 is 0 Å². The van der Waals surface area contributed by atoms with Crippen LogP contribution in [0.2, 0.25) is 0 Å². The predicted octanol–water partition coefficient (Wildman–Crippen LogP) is 4.81. The fourth-order valence-electron chi connectivity index (χ4n) is 2.29. The summed E-state index contributed by atoms with van der Waals surface area (Å²) in [5.74, 6) is 0.619. The van der Waals surface area contributed by atoms with Crippen molar-refractivity contribution in [2.24, 2.45) is 5.92 Å². The minimum Gasteiger partial charge on any atom is -0.376 e. The summed E-state index contributed by atoms with van der Waals surface area (Å²) in [7, 11) is 0. The third-order valence-electron chi connectivity index (χ3n) is 3.33. The van der Waals surface area contributed by atoms with E-state index in [2.05, 4.69) is 73.2 Å². The number of ether oxygens (including phenoxy) is 1. The second-order valence-corrected chi connectivity index (χ2v) is 7.57. The van der Waals surface area contributed by atoms with Crippen LogP contribution in [0.1, 0.15) is 46.1 Å². The Morgan fingerprint density at radius 1 is 1.29 bits per heavy atom. The molecular weight excluding hydrogens is 326 g/mol. The lowest BCUT2D eigenvalue weighted by atomic mass is 9.96. The molecule has 1 N–H and O–H groups in total. The Hall–Kier alpha value is -0.380. The Kier molecular flexibility index (Phi) is 8.53. The molecule has 0 saturated carbocycles. The highest BCUT2D eigenvalue weighted by Crippen LogP contribution is 2.18. The third kappa shape index (κ3) is 9.28. The summed E-state index contributed by atoms with van der Waals surface area (Å²) in [6.45, 7) is 11.5. The molecule has 21 heavy (non-hydrogen) atoms. The van der Waals surface area contributed by atoms with E-state index in [9.17, 15) is 0 Å². The molecule has 0 heterocycles. The van der Waals surface area contributed by atoms with Gasteiger partial charge in [0.15, 0.2) is 0 Å². The molecule has 1 aromatic carbocycles. The van der Waals surface area contributed by atoms with Crippen LogP contribution in [0, 0.1) is 5.92 Å².